The number of anilines is 1. The summed E-state index contributed by atoms with van der Waals surface area (Å²) in [6.07, 6.45) is 3.54. The molecule has 1 N–H and O–H groups in total. The van der Waals surface area contributed by atoms with Crippen LogP contribution in [-0.2, 0) is 4.79 Å². The zero-order valence-electron chi connectivity index (χ0n) is 16.6. The highest BCUT2D eigenvalue weighted by Gasteiger charge is 2.13. The molecule has 2 aromatic heterocycles. The van der Waals surface area contributed by atoms with Crippen molar-refractivity contribution in [1.82, 2.24) is 14.6 Å². The van der Waals surface area contributed by atoms with E-state index in [4.69, 9.17) is 0 Å². The fraction of sp³-hybridized carbons (Fsp3) is 0.174. The van der Waals surface area contributed by atoms with Crippen LogP contribution in [0, 0.1) is 20.8 Å². The molecule has 0 aliphatic carbocycles. The lowest BCUT2D eigenvalue weighted by Gasteiger charge is -2.12. The molecule has 2 aromatic carbocycles. The lowest BCUT2D eigenvalue weighted by molar-refractivity contribution is -0.113. The lowest BCUT2D eigenvalue weighted by Crippen LogP contribution is -2.16. The van der Waals surface area contributed by atoms with Crippen molar-refractivity contribution < 1.29 is 4.79 Å². The number of fused-ring (bicyclic) bond motifs is 1. The standard InChI is InChI=1S/C23H22N4OS/c1-15-11-16(2)22(17(3)12-15)25-21(28)14-29-23-20-13-19(18-7-5-4-6-8-18)26-27(20)10-9-24-23/h4-13H,14H2,1-3H3,(H,25,28). The second-order valence-electron chi connectivity index (χ2n) is 7.07. The molecule has 0 radical (unpaired) electrons. The van der Waals surface area contributed by atoms with Gasteiger partial charge in [0.25, 0.3) is 0 Å². The van der Waals surface area contributed by atoms with Crippen molar-refractivity contribution in [3.05, 3.63) is 77.6 Å². The van der Waals surface area contributed by atoms with Gasteiger partial charge in [-0.3, -0.25) is 4.79 Å². The van der Waals surface area contributed by atoms with Crippen LogP contribution < -0.4 is 5.32 Å². The van der Waals surface area contributed by atoms with Crippen molar-refractivity contribution in [2.45, 2.75) is 25.8 Å². The van der Waals surface area contributed by atoms with Gasteiger partial charge in [-0.25, -0.2) is 9.50 Å². The predicted molar refractivity (Wildman–Crippen MR) is 118 cm³/mol. The number of hydrogen-bond acceptors (Lipinski definition) is 4. The Bertz CT molecular complexity index is 1160. The van der Waals surface area contributed by atoms with Crippen LogP contribution in [0.25, 0.3) is 16.8 Å². The quantitative estimate of drug-likeness (QED) is 0.475. The van der Waals surface area contributed by atoms with Crippen LogP contribution in [0.1, 0.15) is 16.7 Å². The second kappa shape index (κ2) is 8.09. The van der Waals surface area contributed by atoms with E-state index < -0.39 is 0 Å². The highest BCUT2D eigenvalue weighted by molar-refractivity contribution is 8.00. The lowest BCUT2D eigenvalue weighted by atomic mass is 10.1. The minimum atomic E-state index is -0.0448. The van der Waals surface area contributed by atoms with Crippen LogP contribution in [0.4, 0.5) is 5.69 Å². The Morgan fingerprint density at radius 3 is 2.52 bits per heavy atom. The van der Waals surface area contributed by atoms with E-state index >= 15 is 0 Å². The van der Waals surface area contributed by atoms with Crippen LogP contribution in [0.5, 0.6) is 0 Å². The van der Waals surface area contributed by atoms with Crippen LogP contribution >= 0.6 is 11.8 Å². The monoisotopic (exact) mass is 402 g/mol. The first-order valence-corrected chi connectivity index (χ1v) is 10.4. The van der Waals surface area contributed by atoms with E-state index in [1.807, 2.05) is 61.0 Å². The molecular weight excluding hydrogens is 380 g/mol. The van der Waals surface area contributed by atoms with E-state index in [-0.39, 0.29) is 11.7 Å². The van der Waals surface area contributed by atoms with E-state index in [9.17, 15) is 4.79 Å². The van der Waals surface area contributed by atoms with Crippen molar-refractivity contribution in [3.63, 3.8) is 0 Å². The number of benzene rings is 2. The van der Waals surface area contributed by atoms with Gasteiger partial charge in [-0.05, 0) is 38.0 Å². The molecule has 0 saturated heterocycles. The molecule has 1 amide bonds. The molecule has 0 saturated carbocycles. The van der Waals surface area contributed by atoms with Gasteiger partial charge in [0.2, 0.25) is 5.91 Å². The zero-order chi connectivity index (χ0) is 20.4. The van der Waals surface area contributed by atoms with E-state index in [1.165, 1.54) is 17.3 Å². The molecule has 0 fully saturated rings. The Morgan fingerprint density at radius 2 is 1.79 bits per heavy atom. The van der Waals surface area contributed by atoms with Gasteiger partial charge in [-0.15, -0.1) is 0 Å². The molecule has 4 rings (SSSR count). The van der Waals surface area contributed by atoms with Crippen molar-refractivity contribution in [2.24, 2.45) is 0 Å². The van der Waals surface area contributed by atoms with E-state index in [2.05, 4.69) is 34.5 Å². The largest absolute Gasteiger partial charge is 0.325 e. The average Bonchev–Trinajstić information content (AvgIpc) is 3.15. The number of rotatable bonds is 5. The summed E-state index contributed by atoms with van der Waals surface area (Å²) in [6, 6.07) is 16.2. The first-order valence-electron chi connectivity index (χ1n) is 9.41. The molecule has 5 nitrogen and oxygen atoms in total. The van der Waals surface area contributed by atoms with Crippen molar-refractivity contribution in [1.29, 1.82) is 0 Å². The van der Waals surface area contributed by atoms with Gasteiger partial charge in [0.15, 0.2) is 0 Å². The number of aryl methyl sites for hydroxylation is 3. The minimum absolute atomic E-state index is 0.0448. The van der Waals surface area contributed by atoms with Crippen molar-refractivity contribution >= 4 is 28.9 Å². The van der Waals surface area contributed by atoms with Gasteiger partial charge < -0.3 is 5.32 Å². The van der Waals surface area contributed by atoms with Gasteiger partial charge in [-0.2, -0.15) is 5.10 Å². The van der Waals surface area contributed by atoms with E-state index in [0.29, 0.717) is 0 Å². The maximum Gasteiger partial charge on any atom is 0.234 e. The first-order chi connectivity index (χ1) is 14.0. The molecule has 29 heavy (non-hydrogen) atoms. The normalized spacial score (nSPS) is 11.0. The minimum Gasteiger partial charge on any atom is -0.325 e. The topological polar surface area (TPSA) is 59.3 Å². The fourth-order valence-corrected chi connectivity index (χ4v) is 4.22. The van der Waals surface area contributed by atoms with Crippen LogP contribution in [-0.4, -0.2) is 26.3 Å². The van der Waals surface area contributed by atoms with Gasteiger partial charge in [0, 0.05) is 23.6 Å². The number of amides is 1. The molecule has 0 atom stereocenters. The number of nitrogens with one attached hydrogen (secondary N) is 1. The second-order valence-corrected chi connectivity index (χ2v) is 8.03. The smallest absolute Gasteiger partial charge is 0.234 e. The molecule has 0 aliphatic rings. The third kappa shape index (κ3) is 4.17. The summed E-state index contributed by atoms with van der Waals surface area (Å²) in [7, 11) is 0. The number of carbonyl (C=O) groups excluding carboxylic acids is 1. The molecule has 0 unspecified atom stereocenters. The van der Waals surface area contributed by atoms with Gasteiger partial charge in [0.1, 0.15) is 5.03 Å². The van der Waals surface area contributed by atoms with Crippen LogP contribution in [0.2, 0.25) is 0 Å². The molecule has 0 spiro atoms. The Labute approximate surface area is 174 Å². The van der Waals surface area contributed by atoms with Crippen molar-refractivity contribution in [3.8, 4) is 11.3 Å². The van der Waals surface area contributed by atoms with Gasteiger partial charge in [0.05, 0.1) is 17.0 Å². The Hall–Kier alpha value is -3.12. The Balaban J connectivity index is 1.51. The summed E-state index contributed by atoms with van der Waals surface area (Å²) in [5, 5.41) is 8.46. The molecule has 0 bridgehead atoms. The maximum absolute atomic E-state index is 12.6. The molecule has 6 heteroatoms. The van der Waals surface area contributed by atoms with Gasteiger partial charge >= 0.3 is 0 Å². The molecule has 146 valence electrons. The Kier molecular flexibility index (Phi) is 5.36. The van der Waals surface area contributed by atoms with E-state index in [0.717, 1.165) is 38.6 Å². The van der Waals surface area contributed by atoms with E-state index in [1.54, 1.807) is 6.20 Å². The summed E-state index contributed by atoms with van der Waals surface area (Å²) in [5.41, 5.74) is 7.06. The molecular formula is C23H22N4OS. The zero-order valence-corrected chi connectivity index (χ0v) is 17.5. The highest BCUT2D eigenvalue weighted by atomic mass is 32.2. The summed E-state index contributed by atoms with van der Waals surface area (Å²) < 4.78 is 1.81. The maximum atomic E-state index is 12.6. The number of aromatic nitrogens is 3. The van der Waals surface area contributed by atoms with Crippen molar-refractivity contribution in [2.75, 3.05) is 11.1 Å². The number of thioether (sulfide) groups is 1. The number of hydrogen-bond donors (Lipinski definition) is 1. The summed E-state index contributed by atoms with van der Waals surface area (Å²) in [6.45, 7) is 6.09. The third-order valence-electron chi connectivity index (χ3n) is 4.71. The average molecular weight is 403 g/mol. The summed E-state index contributed by atoms with van der Waals surface area (Å²) in [5.74, 6) is 0.238. The number of carbonyl (C=O) groups is 1. The predicted octanol–water partition coefficient (Wildman–Crippen LogP) is 5.05. The highest BCUT2D eigenvalue weighted by Crippen LogP contribution is 2.27. The molecule has 0 aliphatic heterocycles. The fourth-order valence-electron chi connectivity index (χ4n) is 3.45. The van der Waals surface area contributed by atoms with Crippen LogP contribution in [0.15, 0.2) is 66.0 Å². The third-order valence-corrected chi connectivity index (χ3v) is 5.70. The van der Waals surface area contributed by atoms with Gasteiger partial charge in [-0.1, -0.05) is 59.8 Å². The SMILES string of the molecule is Cc1cc(C)c(NC(=O)CSc2nccn3nc(-c4ccccc4)cc23)c(C)c1. The summed E-state index contributed by atoms with van der Waals surface area (Å²) in [4.78, 5) is 17.0. The first kappa shape index (κ1) is 19.2. The van der Waals surface area contributed by atoms with Crippen LogP contribution in [0.3, 0.4) is 0 Å². The molecule has 4 aromatic rings. The Morgan fingerprint density at radius 1 is 1.07 bits per heavy atom. The number of nitrogens with zero attached hydrogens (tertiary/aromatic N) is 3. The summed E-state index contributed by atoms with van der Waals surface area (Å²) >= 11 is 1.42. The molecule has 2 heterocycles.